The second-order valence-electron chi connectivity index (χ2n) is 5.06. The first-order valence-electron chi connectivity index (χ1n) is 6.71. The minimum atomic E-state index is -0.0541. The molecular weight excluding hydrogens is 276 g/mol. The third-order valence-electron chi connectivity index (χ3n) is 3.70. The van der Waals surface area contributed by atoms with Crippen molar-refractivity contribution in [3.8, 4) is 0 Å². The van der Waals surface area contributed by atoms with Crippen LogP contribution in [0.5, 0.6) is 0 Å². The van der Waals surface area contributed by atoms with E-state index in [0.717, 1.165) is 25.9 Å². The summed E-state index contributed by atoms with van der Waals surface area (Å²) in [6.45, 7) is 1.91. The van der Waals surface area contributed by atoms with Crippen LogP contribution in [0.4, 0.5) is 0 Å². The van der Waals surface area contributed by atoms with Gasteiger partial charge >= 0.3 is 0 Å². The van der Waals surface area contributed by atoms with E-state index in [0.29, 0.717) is 15.9 Å². The predicted octanol–water partition coefficient (Wildman–Crippen LogP) is 2.28. The largest absolute Gasteiger partial charge is 0.341 e. The van der Waals surface area contributed by atoms with Crippen molar-refractivity contribution in [2.45, 2.75) is 19.4 Å². The molecule has 104 valence electrons. The Hall–Kier alpha value is -1.81. The third kappa shape index (κ3) is 2.43. The zero-order chi connectivity index (χ0) is 14.1. The third-order valence-corrected chi connectivity index (χ3v) is 3.94. The molecule has 1 aromatic carbocycles. The molecule has 0 N–H and O–H groups in total. The van der Waals surface area contributed by atoms with Gasteiger partial charge in [0.05, 0.1) is 5.52 Å². The molecule has 1 saturated heterocycles. The highest BCUT2D eigenvalue weighted by atomic mass is 35.5. The molecule has 1 aliphatic heterocycles. The van der Waals surface area contributed by atoms with Crippen molar-refractivity contribution in [2.24, 2.45) is 0 Å². The van der Waals surface area contributed by atoms with Gasteiger partial charge in [-0.15, -0.1) is 0 Å². The van der Waals surface area contributed by atoms with E-state index in [9.17, 15) is 9.59 Å². The molecule has 1 amide bonds. The summed E-state index contributed by atoms with van der Waals surface area (Å²) < 4.78 is 1.79. The Morgan fingerprint density at radius 2 is 1.95 bits per heavy atom. The van der Waals surface area contributed by atoms with Gasteiger partial charge in [0.25, 0.3) is 0 Å². The number of pyridine rings is 1. The average molecular weight is 291 g/mol. The summed E-state index contributed by atoms with van der Waals surface area (Å²) in [6.07, 6.45) is 3.81. The van der Waals surface area contributed by atoms with Crippen LogP contribution in [0.1, 0.15) is 12.8 Å². The van der Waals surface area contributed by atoms with Crippen LogP contribution in [-0.4, -0.2) is 28.5 Å². The minimum Gasteiger partial charge on any atom is -0.341 e. The Kier molecular flexibility index (Phi) is 3.49. The van der Waals surface area contributed by atoms with Crippen LogP contribution in [0, 0.1) is 0 Å². The monoisotopic (exact) mass is 290 g/mol. The van der Waals surface area contributed by atoms with Gasteiger partial charge in [0.1, 0.15) is 6.54 Å². The van der Waals surface area contributed by atoms with E-state index < -0.39 is 0 Å². The van der Waals surface area contributed by atoms with Gasteiger partial charge in [-0.1, -0.05) is 11.6 Å². The molecule has 3 rings (SSSR count). The average Bonchev–Trinajstić information content (AvgIpc) is 2.96. The maximum Gasteiger partial charge on any atom is 0.242 e. The van der Waals surface area contributed by atoms with Crippen LogP contribution in [0.15, 0.2) is 35.3 Å². The molecule has 1 aliphatic rings. The predicted molar refractivity (Wildman–Crippen MR) is 79.0 cm³/mol. The molecule has 2 heterocycles. The Bertz CT molecular complexity index is 717. The molecule has 2 aromatic rings. The molecule has 0 atom stereocenters. The lowest BCUT2D eigenvalue weighted by Gasteiger charge is -2.17. The Labute approximate surface area is 121 Å². The van der Waals surface area contributed by atoms with Gasteiger partial charge in [-0.05, 0) is 31.0 Å². The maximum absolute atomic E-state index is 12.2. The summed E-state index contributed by atoms with van der Waals surface area (Å²) in [5, 5.41) is 1.15. The van der Waals surface area contributed by atoms with Gasteiger partial charge in [0.15, 0.2) is 5.43 Å². The number of hydrogen-bond donors (Lipinski definition) is 0. The molecule has 5 heteroatoms. The molecule has 0 unspecified atom stereocenters. The topological polar surface area (TPSA) is 42.3 Å². The van der Waals surface area contributed by atoms with Gasteiger partial charge in [0.2, 0.25) is 5.91 Å². The number of benzene rings is 1. The number of carbonyl (C=O) groups is 1. The summed E-state index contributed by atoms with van der Waals surface area (Å²) in [6, 6.07) is 6.62. The summed E-state index contributed by atoms with van der Waals surface area (Å²) in [5.41, 5.74) is 0.652. The highest BCUT2D eigenvalue weighted by molar-refractivity contribution is 6.31. The number of fused-ring (bicyclic) bond motifs is 1. The van der Waals surface area contributed by atoms with Crippen molar-refractivity contribution in [1.29, 1.82) is 0 Å². The molecule has 0 saturated carbocycles. The summed E-state index contributed by atoms with van der Waals surface area (Å²) in [5.74, 6) is 0.0902. The quantitative estimate of drug-likeness (QED) is 0.851. The van der Waals surface area contributed by atoms with E-state index in [1.54, 1.807) is 29.0 Å². The van der Waals surface area contributed by atoms with Crippen molar-refractivity contribution in [2.75, 3.05) is 13.1 Å². The van der Waals surface area contributed by atoms with Gasteiger partial charge in [-0.25, -0.2) is 0 Å². The number of hydrogen-bond acceptors (Lipinski definition) is 2. The van der Waals surface area contributed by atoms with E-state index in [1.165, 1.54) is 6.07 Å². The van der Waals surface area contributed by atoms with Crippen LogP contribution < -0.4 is 5.43 Å². The van der Waals surface area contributed by atoms with E-state index in [4.69, 9.17) is 11.6 Å². The normalized spacial score (nSPS) is 14.9. The Morgan fingerprint density at radius 1 is 1.20 bits per heavy atom. The van der Waals surface area contributed by atoms with Gasteiger partial charge in [-0.3, -0.25) is 9.59 Å². The number of likely N-dealkylation sites (tertiary alicyclic amines) is 1. The Balaban J connectivity index is 1.98. The van der Waals surface area contributed by atoms with E-state index in [-0.39, 0.29) is 17.9 Å². The van der Waals surface area contributed by atoms with Gasteiger partial charge in [0, 0.05) is 35.8 Å². The lowest BCUT2D eigenvalue weighted by Crippen LogP contribution is -2.31. The fourth-order valence-corrected chi connectivity index (χ4v) is 2.80. The molecule has 0 bridgehead atoms. The minimum absolute atomic E-state index is 0.0541. The van der Waals surface area contributed by atoms with Crippen LogP contribution >= 0.6 is 11.6 Å². The summed E-state index contributed by atoms with van der Waals surface area (Å²) in [7, 11) is 0. The number of aromatic nitrogens is 1. The van der Waals surface area contributed by atoms with Gasteiger partial charge in [-0.2, -0.15) is 0 Å². The SMILES string of the molecule is O=C(Cn1ccc(=O)c2ccc(Cl)cc21)N1CCCC1. The molecular formula is C15H15ClN2O2. The highest BCUT2D eigenvalue weighted by Crippen LogP contribution is 2.17. The second-order valence-corrected chi connectivity index (χ2v) is 5.49. The van der Waals surface area contributed by atoms with E-state index >= 15 is 0 Å². The van der Waals surface area contributed by atoms with Crippen LogP contribution in [0.3, 0.4) is 0 Å². The van der Waals surface area contributed by atoms with Crippen molar-refractivity contribution in [3.05, 3.63) is 45.7 Å². The molecule has 20 heavy (non-hydrogen) atoms. The van der Waals surface area contributed by atoms with Crippen LogP contribution in [0.25, 0.3) is 10.9 Å². The first-order chi connectivity index (χ1) is 9.65. The summed E-state index contributed by atoms with van der Waals surface area (Å²) >= 11 is 6.00. The smallest absolute Gasteiger partial charge is 0.242 e. The maximum atomic E-state index is 12.2. The van der Waals surface area contributed by atoms with Crippen LogP contribution in [0.2, 0.25) is 5.02 Å². The Morgan fingerprint density at radius 3 is 2.70 bits per heavy atom. The van der Waals surface area contributed by atoms with Crippen LogP contribution in [-0.2, 0) is 11.3 Å². The zero-order valence-electron chi connectivity index (χ0n) is 11.0. The molecule has 0 spiro atoms. The van der Waals surface area contributed by atoms with E-state index in [1.807, 2.05) is 4.90 Å². The number of rotatable bonds is 2. The molecule has 0 radical (unpaired) electrons. The van der Waals surface area contributed by atoms with Crippen molar-refractivity contribution < 1.29 is 4.79 Å². The lowest BCUT2D eigenvalue weighted by atomic mass is 10.2. The first kappa shape index (κ1) is 13.2. The molecule has 4 nitrogen and oxygen atoms in total. The zero-order valence-corrected chi connectivity index (χ0v) is 11.8. The van der Waals surface area contributed by atoms with Crippen molar-refractivity contribution in [3.63, 3.8) is 0 Å². The molecule has 1 aromatic heterocycles. The highest BCUT2D eigenvalue weighted by Gasteiger charge is 2.18. The number of carbonyl (C=O) groups excluding carboxylic acids is 1. The number of nitrogens with zero attached hydrogens (tertiary/aromatic N) is 2. The number of amides is 1. The fraction of sp³-hybridized carbons (Fsp3) is 0.333. The summed E-state index contributed by atoms with van der Waals surface area (Å²) in [4.78, 5) is 25.9. The fourth-order valence-electron chi connectivity index (χ4n) is 2.63. The van der Waals surface area contributed by atoms with Crippen molar-refractivity contribution >= 4 is 28.4 Å². The second kappa shape index (κ2) is 5.29. The van der Waals surface area contributed by atoms with Crippen molar-refractivity contribution in [1.82, 2.24) is 9.47 Å². The molecule has 0 aliphatic carbocycles. The standard InChI is InChI=1S/C15H15ClN2O2/c16-11-3-4-12-13(9-11)18(8-5-14(12)19)10-15(20)17-6-1-2-7-17/h3-5,8-9H,1-2,6-7,10H2. The van der Waals surface area contributed by atoms with Gasteiger partial charge < -0.3 is 9.47 Å². The molecule has 1 fully saturated rings. The van der Waals surface area contributed by atoms with E-state index in [2.05, 4.69) is 0 Å². The number of halogens is 1. The first-order valence-corrected chi connectivity index (χ1v) is 7.09. The lowest BCUT2D eigenvalue weighted by molar-refractivity contribution is -0.130.